The van der Waals surface area contributed by atoms with E-state index in [4.69, 9.17) is 10.5 Å². The first-order valence-corrected chi connectivity index (χ1v) is 8.00. The molecule has 21 heavy (non-hydrogen) atoms. The molecule has 0 aliphatic rings. The second-order valence-corrected chi connectivity index (χ2v) is 5.61. The van der Waals surface area contributed by atoms with Gasteiger partial charge < -0.3 is 10.5 Å². The largest absolute Gasteiger partial charge is 0.494 e. The predicted molar refractivity (Wildman–Crippen MR) is 89.4 cm³/mol. The number of anilines is 1. The van der Waals surface area contributed by atoms with Gasteiger partial charge in [-0.2, -0.15) is 0 Å². The van der Waals surface area contributed by atoms with Crippen LogP contribution in [0.15, 0.2) is 28.7 Å². The summed E-state index contributed by atoms with van der Waals surface area (Å²) >= 11 is 3.46. The third-order valence-electron chi connectivity index (χ3n) is 3.00. The molecule has 0 fully saturated rings. The van der Waals surface area contributed by atoms with Crippen LogP contribution in [0.3, 0.4) is 0 Å². The monoisotopic (exact) mass is 349 g/mol. The van der Waals surface area contributed by atoms with Crippen LogP contribution in [0.25, 0.3) is 11.4 Å². The lowest BCUT2D eigenvalue weighted by Gasteiger charge is -2.10. The van der Waals surface area contributed by atoms with Gasteiger partial charge in [-0.3, -0.25) is 0 Å². The molecular weight excluding hydrogens is 330 g/mol. The van der Waals surface area contributed by atoms with Crippen molar-refractivity contribution < 1.29 is 4.74 Å². The molecule has 1 heterocycles. The molecule has 2 N–H and O–H groups in total. The fourth-order valence-electron chi connectivity index (χ4n) is 1.99. The molecule has 1 aromatic carbocycles. The fraction of sp³-hybridized carbons (Fsp3) is 0.375. The second kappa shape index (κ2) is 7.41. The number of nitrogen functional groups attached to an aromatic ring is 1. The Balaban J connectivity index is 2.37. The van der Waals surface area contributed by atoms with E-state index in [-0.39, 0.29) is 0 Å². The predicted octanol–water partition coefficient (Wildman–Crippen LogP) is 4.23. The molecular formula is C16H20BrN3O. The Hall–Kier alpha value is -1.62. The molecule has 0 radical (unpaired) electrons. The highest BCUT2D eigenvalue weighted by molar-refractivity contribution is 9.10. The number of ether oxygens (including phenoxy) is 1. The third kappa shape index (κ3) is 3.94. The molecule has 5 heteroatoms. The second-order valence-electron chi connectivity index (χ2n) is 4.82. The fourth-order valence-corrected chi connectivity index (χ4v) is 2.36. The van der Waals surface area contributed by atoms with Gasteiger partial charge in [0.1, 0.15) is 11.6 Å². The van der Waals surface area contributed by atoms with Crippen LogP contribution in [-0.4, -0.2) is 16.6 Å². The summed E-state index contributed by atoms with van der Waals surface area (Å²) in [5.41, 5.74) is 7.84. The van der Waals surface area contributed by atoms with Gasteiger partial charge in [-0.25, -0.2) is 9.97 Å². The molecule has 112 valence electrons. The van der Waals surface area contributed by atoms with Crippen molar-refractivity contribution in [2.45, 2.75) is 33.1 Å². The molecule has 2 aromatic rings. The molecule has 0 saturated carbocycles. The van der Waals surface area contributed by atoms with E-state index < -0.39 is 0 Å². The van der Waals surface area contributed by atoms with Crippen LogP contribution in [0.2, 0.25) is 0 Å². The minimum atomic E-state index is 0.475. The Bertz CT molecular complexity index is 616. The van der Waals surface area contributed by atoms with E-state index >= 15 is 0 Å². The smallest absolute Gasteiger partial charge is 0.161 e. The van der Waals surface area contributed by atoms with Crippen LogP contribution >= 0.6 is 15.9 Å². The average Bonchev–Trinajstić information content (AvgIpc) is 2.50. The Labute approximate surface area is 133 Å². The minimum Gasteiger partial charge on any atom is -0.494 e. The standard InChI is InChI=1S/C16H20BrN3O/c1-3-6-13-14(17)15(18)20-16(19-13)11-7-5-8-12(10-11)21-9-4-2/h5,7-8,10H,3-4,6,9H2,1-2H3,(H2,18,19,20). The van der Waals surface area contributed by atoms with Crippen LogP contribution < -0.4 is 10.5 Å². The number of hydrogen-bond donors (Lipinski definition) is 1. The highest BCUT2D eigenvalue weighted by Gasteiger charge is 2.11. The average molecular weight is 350 g/mol. The van der Waals surface area contributed by atoms with Crippen LogP contribution in [0.1, 0.15) is 32.4 Å². The lowest BCUT2D eigenvalue weighted by atomic mass is 10.2. The SMILES string of the molecule is CCCOc1cccc(-c2nc(N)c(Br)c(CCC)n2)c1. The van der Waals surface area contributed by atoms with E-state index in [1.807, 2.05) is 24.3 Å². The van der Waals surface area contributed by atoms with E-state index in [9.17, 15) is 0 Å². The van der Waals surface area contributed by atoms with Crippen LogP contribution in [0.5, 0.6) is 5.75 Å². The number of benzene rings is 1. The van der Waals surface area contributed by atoms with Crippen molar-refractivity contribution in [3.8, 4) is 17.1 Å². The summed E-state index contributed by atoms with van der Waals surface area (Å²) in [6.45, 7) is 4.90. The molecule has 0 saturated heterocycles. The Morgan fingerprint density at radius 3 is 2.71 bits per heavy atom. The van der Waals surface area contributed by atoms with Gasteiger partial charge in [0.2, 0.25) is 0 Å². The topological polar surface area (TPSA) is 61.0 Å². The lowest BCUT2D eigenvalue weighted by molar-refractivity contribution is 0.317. The van der Waals surface area contributed by atoms with Gasteiger partial charge in [-0.1, -0.05) is 32.4 Å². The minimum absolute atomic E-state index is 0.475. The summed E-state index contributed by atoms with van der Waals surface area (Å²) in [4.78, 5) is 8.99. The van der Waals surface area contributed by atoms with Crippen LogP contribution in [0.4, 0.5) is 5.82 Å². The normalized spacial score (nSPS) is 10.6. The third-order valence-corrected chi connectivity index (χ3v) is 3.86. The van der Waals surface area contributed by atoms with Crippen molar-refractivity contribution in [1.82, 2.24) is 9.97 Å². The van der Waals surface area contributed by atoms with Crippen LogP contribution in [-0.2, 0) is 6.42 Å². The van der Waals surface area contributed by atoms with Gasteiger partial charge >= 0.3 is 0 Å². The lowest BCUT2D eigenvalue weighted by Crippen LogP contribution is -2.03. The summed E-state index contributed by atoms with van der Waals surface area (Å²) in [6, 6.07) is 7.81. The molecule has 0 aliphatic carbocycles. The maximum Gasteiger partial charge on any atom is 0.161 e. The number of nitrogens with zero attached hydrogens (tertiary/aromatic N) is 2. The number of hydrogen-bond acceptors (Lipinski definition) is 4. The van der Waals surface area contributed by atoms with E-state index in [1.54, 1.807) is 0 Å². The first kappa shape index (κ1) is 15.8. The van der Waals surface area contributed by atoms with Gasteiger partial charge in [-0.05, 0) is 40.9 Å². The number of aryl methyl sites for hydroxylation is 1. The molecule has 2 rings (SSSR count). The van der Waals surface area contributed by atoms with Crippen molar-refractivity contribution in [2.75, 3.05) is 12.3 Å². The molecule has 0 spiro atoms. The Kier molecular flexibility index (Phi) is 5.56. The number of aromatic nitrogens is 2. The van der Waals surface area contributed by atoms with Crippen molar-refractivity contribution in [2.24, 2.45) is 0 Å². The zero-order chi connectivity index (χ0) is 15.2. The van der Waals surface area contributed by atoms with E-state index in [2.05, 4.69) is 39.7 Å². The van der Waals surface area contributed by atoms with Crippen LogP contribution in [0, 0.1) is 0 Å². The number of halogens is 1. The first-order valence-electron chi connectivity index (χ1n) is 7.20. The van der Waals surface area contributed by atoms with E-state index in [1.165, 1.54) is 0 Å². The maximum absolute atomic E-state index is 5.98. The molecule has 0 atom stereocenters. The summed E-state index contributed by atoms with van der Waals surface area (Å²) in [6.07, 6.45) is 2.85. The summed E-state index contributed by atoms with van der Waals surface area (Å²) in [7, 11) is 0. The zero-order valence-corrected chi connectivity index (χ0v) is 14.0. The summed E-state index contributed by atoms with van der Waals surface area (Å²) in [5, 5.41) is 0. The first-order chi connectivity index (χ1) is 10.2. The van der Waals surface area contributed by atoms with Crippen molar-refractivity contribution in [3.63, 3.8) is 0 Å². The van der Waals surface area contributed by atoms with Gasteiger partial charge in [0, 0.05) is 5.56 Å². The molecule has 1 aromatic heterocycles. The van der Waals surface area contributed by atoms with Gasteiger partial charge in [0.15, 0.2) is 5.82 Å². The number of nitrogens with two attached hydrogens (primary N) is 1. The maximum atomic E-state index is 5.98. The Morgan fingerprint density at radius 2 is 2.00 bits per heavy atom. The molecule has 0 bridgehead atoms. The highest BCUT2D eigenvalue weighted by Crippen LogP contribution is 2.27. The number of rotatable bonds is 6. The molecule has 4 nitrogen and oxygen atoms in total. The van der Waals surface area contributed by atoms with Gasteiger partial charge in [-0.15, -0.1) is 0 Å². The zero-order valence-electron chi connectivity index (χ0n) is 12.4. The molecule has 0 aliphatic heterocycles. The quantitative estimate of drug-likeness (QED) is 0.847. The van der Waals surface area contributed by atoms with Gasteiger partial charge in [0.05, 0.1) is 16.8 Å². The highest BCUT2D eigenvalue weighted by atomic mass is 79.9. The van der Waals surface area contributed by atoms with E-state index in [0.29, 0.717) is 18.2 Å². The van der Waals surface area contributed by atoms with Gasteiger partial charge in [0.25, 0.3) is 0 Å². The van der Waals surface area contributed by atoms with Crippen molar-refractivity contribution >= 4 is 21.7 Å². The Morgan fingerprint density at radius 1 is 1.19 bits per heavy atom. The van der Waals surface area contributed by atoms with E-state index in [0.717, 1.165) is 40.7 Å². The summed E-state index contributed by atoms with van der Waals surface area (Å²) in [5.74, 6) is 1.95. The molecule has 0 amide bonds. The molecule has 0 unspecified atom stereocenters. The summed E-state index contributed by atoms with van der Waals surface area (Å²) < 4.78 is 6.45. The van der Waals surface area contributed by atoms with Crippen molar-refractivity contribution in [3.05, 3.63) is 34.4 Å². The van der Waals surface area contributed by atoms with Crippen molar-refractivity contribution in [1.29, 1.82) is 0 Å².